The van der Waals surface area contributed by atoms with E-state index in [1.807, 2.05) is 0 Å². The number of nitrogens with zero attached hydrogens (tertiary/aromatic N) is 2. The van der Waals surface area contributed by atoms with Crippen molar-refractivity contribution in [2.75, 3.05) is 12.5 Å². The Morgan fingerprint density at radius 3 is 2.48 bits per heavy atom. The molecule has 3 N–H and O–H groups in total. The minimum Gasteiger partial charge on any atom is -0.493 e. The largest absolute Gasteiger partial charge is 0.493 e. The van der Waals surface area contributed by atoms with Crippen molar-refractivity contribution in [1.82, 2.24) is 9.66 Å². The lowest BCUT2D eigenvalue weighted by atomic mass is 10.2. The smallest absolute Gasteiger partial charge is 0.419 e. The lowest BCUT2D eigenvalue weighted by Crippen LogP contribution is -2.12. The predicted octanol–water partition coefficient (Wildman–Crippen LogP) is 3.30. The van der Waals surface area contributed by atoms with Gasteiger partial charge in [0.15, 0.2) is 0 Å². The Labute approximate surface area is 134 Å². The first-order valence-corrected chi connectivity index (χ1v) is 6.66. The van der Waals surface area contributed by atoms with E-state index in [0.717, 1.165) is 16.8 Å². The third kappa shape index (κ3) is 3.30. The van der Waals surface area contributed by atoms with Gasteiger partial charge in [-0.3, -0.25) is 5.43 Å². The summed E-state index contributed by atoms with van der Waals surface area (Å²) < 4.78 is 43.7. The van der Waals surface area contributed by atoms with E-state index in [4.69, 9.17) is 16.3 Å². The topological polar surface area (TPSA) is 79.5 Å². The maximum atomic E-state index is 12.6. The van der Waals surface area contributed by atoms with Crippen molar-refractivity contribution >= 4 is 17.4 Å². The first-order chi connectivity index (χ1) is 10.7. The fourth-order valence-electron chi connectivity index (χ4n) is 1.95. The second-order valence-electron chi connectivity index (χ2n) is 4.66. The van der Waals surface area contributed by atoms with Gasteiger partial charge in [0, 0.05) is 18.2 Å². The van der Waals surface area contributed by atoms with Gasteiger partial charge in [-0.15, -0.1) is 0 Å². The molecule has 0 radical (unpaired) electrons. The molecule has 6 nitrogen and oxygen atoms in total. The number of ether oxygens (including phenoxy) is 1. The molecule has 2 rings (SSSR count). The van der Waals surface area contributed by atoms with E-state index in [1.165, 1.54) is 7.11 Å². The number of aromatic nitrogens is 2. The van der Waals surface area contributed by atoms with Crippen molar-refractivity contribution in [2.24, 2.45) is 0 Å². The SMILES string of the molecule is COCc1c(C)c(O)n(Nc2ccc(C(F)(F)F)c(Cl)n2)c1O. The van der Waals surface area contributed by atoms with Crippen molar-refractivity contribution in [2.45, 2.75) is 19.7 Å². The molecule has 0 atom stereocenters. The molecule has 0 amide bonds. The van der Waals surface area contributed by atoms with E-state index < -0.39 is 16.9 Å². The Balaban J connectivity index is 2.37. The van der Waals surface area contributed by atoms with Gasteiger partial charge in [0.05, 0.1) is 12.2 Å². The third-order valence-electron chi connectivity index (χ3n) is 3.15. The molecule has 0 aliphatic rings. The molecule has 0 saturated heterocycles. The summed E-state index contributed by atoms with van der Waals surface area (Å²) in [4.78, 5) is 3.56. The first-order valence-electron chi connectivity index (χ1n) is 6.28. The summed E-state index contributed by atoms with van der Waals surface area (Å²) in [6, 6.07) is 1.77. The fraction of sp³-hybridized carbons (Fsp3) is 0.308. The Morgan fingerprint density at radius 2 is 1.96 bits per heavy atom. The van der Waals surface area contributed by atoms with E-state index in [2.05, 4.69) is 10.4 Å². The number of anilines is 1. The minimum atomic E-state index is -4.62. The highest BCUT2D eigenvalue weighted by molar-refractivity contribution is 6.30. The molecule has 0 unspecified atom stereocenters. The molecule has 10 heteroatoms. The maximum absolute atomic E-state index is 12.6. The Hall–Kier alpha value is -2.13. The van der Waals surface area contributed by atoms with Crippen molar-refractivity contribution in [3.8, 4) is 11.8 Å². The van der Waals surface area contributed by atoms with Gasteiger partial charge >= 0.3 is 6.18 Å². The van der Waals surface area contributed by atoms with Crippen LogP contribution in [0.4, 0.5) is 19.0 Å². The van der Waals surface area contributed by atoms with Crippen LogP contribution in [0.25, 0.3) is 0 Å². The average Bonchev–Trinajstić information content (AvgIpc) is 2.64. The van der Waals surface area contributed by atoms with E-state index in [1.54, 1.807) is 6.92 Å². The number of pyridine rings is 1. The zero-order valence-electron chi connectivity index (χ0n) is 12.1. The van der Waals surface area contributed by atoms with Crippen LogP contribution in [0.2, 0.25) is 5.15 Å². The zero-order chi connectivity index (χ0) is 17.4. The highest BCUT2D eigenvalue weighted by Crippen LogP contribution is 2.36. The molecule has 0 aliphatic heterocycles. The molecule has 0 aliphatic carbocycles. The van der Waals surface area contributed by atoms with Crippen LogP contribution in [0.5, 0.6) is 11.8 Å². The summed E-state index contributed by atoms with van der Waals surface area (Å²) in [5.74, 6) is -0.764. The molecule has 2 aromatic rings. The van der Waals surface area contributed by atoms with Gasteiger partial charge in [-0.05, 0) is 19.1 Å². The molecule has 23 heavy (non-hydrogen) atoms. The van der Waals surface area contributed by atoms with E-state index in [0.29, 0.717) is 11.1 Å². The fourth-order valence-corrected chi connectivity index (χ4v) is 2.21. The number of alkyl halides is 3. The lowest BCUT2D eigenvalue weighted by molar-refractivity contribution is -0.137. The molecule has 2 heterocycles. The summed E-state index contributed by atoms with van der Waals surface area (Å²) >= 11 is 5.52. The molecule has 0 saturated carbocycles. The number of rotatable bonds is 4. The standard InChI is InChI=1S/C13H13ClF3N3O3/c1-6-7(5-23-2)12(22)20(11(6)21)19-9-4-3-8(10(14)18-9)13(15,16)17/h3-4,21-22H,5H2,1-2H3,(H,18,19). The molecule has 2 aromatic heterocycles. The van der Waals surface area contributed by atoms with Crippen molar-refractivity contribution < 1.29 is 28.1 Å². The summed E-state index contributed by atoms with van der Waals surface area (Å²) in [6.45, 7) is 1.59. The van der Waals surface area contributed by atoms with Gasteiger partial charge < -0.3 is 14.9 Å². The van der Waals surface area contributed by atoms with Crippen LogP contribution in [0.3, 0.4) is 0 Å². The molecular formula is C13H13ClF3N3O3. The van der Waals surface area contributed by atoms with Crippen LogP contribution in [-0.2, 0) is 17.5 Å². The Bertz CT molecular complexity index is 731. The molecular weight excluding hydrogens is 339 g/mol. The quantitative estimate of drug-likeness (QED) is 0.737. The molecule has 0 fully saturated rings. The van der Waals surface area contributed by atoms with Gasteiger partial charge in [0.1, 0.15) is 11.0 Å². The van der Waals surface area contributed by atoms with Crippen molar-refractivity contribution in [1.29, 1.82) is 0 Å². The van der Waals surface area contributed by atoms with Crippen molar-refractivity contribution in [3.05, 3.63) is 34.0 Å². The van der Waals surface area contributed by atoms with Gasteiger partial charge in [-0.2, -0.15) is 17.8 Å². The molecule has 0 bridgehead atoms. The van der Waals surface area contributed by atoms with Crippen LogP contribution < -0.4 is 5.43 Å². The number of hydrogen-bond acceptors (Lipinski definition) is 5. The van der Waals surface area contributed by atoms with Crippen LogP contribution in [-0.4, -0.2) is 27.0 Å². The first kappa shape index (κ1) is 17.2. The summed E-state index contributed by atoms with van der Waals surface area (Å²) in [5, 5.41) is 19.3. The zero-order valence-corrected chi connectivity index (χ0v) is 12.8. The number of aromatic hydroxyl groups is 2. The maximum Gasteiger partial charge on any atom is 0.419 e. The van der Waals surface area contributed by atoms with Gasteiger partial charge in [0.2, 0.25) is 11.8 Å². The Morgan fingerprint density at radius 1 is 1.30 bits per heavy atom. The normalized spacial score (nSPS) is 11.7. The summed E-state index contributed by atoms with van der Waals surface area (Å²) in [7, 11) is 1.41. The number of methoxy groups -OCH3 is 1. The highest BCUT2D eigenvalue weighted by atomic mass is 35.5. The number of hydrogen-bond donors (Lipinski definition) is 3. The van der Waals surface area contributed by atoms with Crippen LogP contribution in [0, 0.1) is 6.92 Å². The highest BCUT2D eigenvalue weighted by Gasteiger charge is 2.34. The summed E-state index contributed by atoms with van der Waals surface area (Å²) in [6.07, 6.45) is -4.62. The van der Waals surface area contributed by atoms with Crippen molar-refractivity contribution in [3.63, 3.8) is 0 Å². The van der Waals surface area contributed by atoms with E-state index in [9.17, 15) is 23.4 Å². The van der Waals surface area contributed by atoms with Crippen LogP contribution >= 0.6 is 11.6 Å². The Kier molecular flexibility index (Phi) is 4.62. The van der Waals surface area contributed by atoms with E-state index in [-0.39, 0.29) is 24.2 Å². The second kappa shape index (κ2) is 6.17. The third-order valence-corrected chi connectivity index (χ3v) is 3.44. The molecule has 0 aromatic carbocycles. The second-order valence-corrected chi connectivity index (χ2v) is 5.02. The monoisotopic (exact) mass is 351 g/mol. The van der Waals surface area contributed by atoms with E-state index >= 15 is 0 Å². The number of halogens is 4. The van der Waals surface area contributed by atoms with Gasteiger partial charge in [-0.25, -0.2) is 4.98 Å². The molecule has 126 valence electrons. The van der Waals surface area contributed by atoms with Gasteiger partial charge in [0.25, 0.3) is 0 Å². The molecule has 0 spiro atoms. The van der Waals surface area contributed by atoms with Gasteiger partial charge in [-0.1, -0.05) is 11.6 Å². The summed E-state index contributed by atoms with van der Waals surface area (Å²) in [5.41, 5.74) is 2.08. The van der Waals surface area contributed by atoms with Crippen LogP contribution in [0.15, 0.2) is 12.1 Å². The average molecular weight is 352 g/mol. The predicted molar refractivity (Wildman–Crippen MR) is 76.5 cm³/mol. The number of nitrogens with one attached hydrogen (secondary N) is 1. The lowest BCUT2D eigenvalue weighted by Gasteiger charge is -2.12. The van der Waals surface area contributed by atoms with Crippen LogP contribution in [0.1, 0.15) is 16.7 Å². The minimum absolute atomic E-state index is 0.0428.